The van der Waals surface area contributed by atoms with E-state index in [-0.39, 0.29) is 12.2 Å². The van der Waals surface area contributed by atoms with Crippen LogP contribution >= 0.6 is 0 Å². The van der Waals surface area contributed by atoms with Gasteiger partial charge >= 0.3 is 6.09 Å². The summed E-state index contributed by atoms with van der Waals surface area (Å²) in [7, 11) is 0. The molecule has 0 radical (unpaired) electrons. The second kappa shape index (κ2) is 5.92. The molecule has 1 amide bonds. The maximum Gasteiger partial charge on any atom is 0.410 e. The summed E-state index contributed by atoms with van der Waals surface area (Å²) in [6.45, 7) is 10.7. The Balaban J connectivity index is 1.92. The van der Waals surface area contributed by atoms with E-state index in [4.69, 9.17) is 9.47 Å². The number of rotatable bonds is 2. The van der Waals surface area contributed by atoms with E-state index >= 15 is 0 Å². The SMILES string of the molecule is Cc1cc(OC2CCN(C(=O)OC(C)(C)C)C2)cc(C)n1. The monoisotopic (exact) mass is 292 g/mol. The van der Waals surface area contributed by atoms with Gasteiger partial charge in [-0.05, 0) is 34.6 Å². The minimum absolute atomic E-state index is 0.0127. The van der Waals surface area contributed by atoms with Crippen LogP contribution in [0.15, 0.2) is 12.1 Å². The number of amides is 1. The second-order valence-corrected chi connectivity index (χ2v) is 6.54. The van der Waals surface area contributed by atoms with Gasteiger partial charge in [0.2, 0.25) is 0 Å². The molecule has 0 N–H and O–H groups in total. The van der Waals surface area contributed by atoms with Crippen molar-refractivity contribution in [1.29, 1.82) is 0 Å². The molecule has 0 aliphatic carbocycles. The van der Waals surface area contributed by atoms with Crippen molar-refractivity contribution in [3.05, 3.63) is 23.5 Å². The third-order valence-electron chi connectivity index (χ3n) is 3.15. The van der Waals surface area contributed by atoms with Gasteiger partial charge in [-0.2, -0.15) is 0 Å². The van der Waals surface area contributed by atoms with E-state index in [0.717, 1.165) is 23.6 Å². The van der Waals surface area contributed by atoms with Gasteiger partial charge in [-0.1, -0.05) is 0 Å². The van der Waals surface area contributed by atoms with E-state index in [0.29, 0.717) is 13.1 Å². The Hall–Kier alpha value is -1.78. The van der Waals surface area contributed by atoms with E-state index < -0.39 is 5.60 Å². The van der Waals surface area contributed by atoms with E-state index in [2.05, 4.69) is 4.98 Å². The average molecular weight is 292 g/mol. The first kappa shape index (κ1) is 15.6. The zero-order valence-corrected chi connectivity index (χ0v) is 13.5. The van der Waals surface area contributed by atoms with Gasteiger partial charge in [-0.3, -0.25) is 4.98 Å². The molecule has 1 aromatic heterocycles. The summed E-state index contributed by atoms with van der Waals surface area (Å²) in [5.74, 6) is 0.816. The van der Waals surface area contributed by atoms with Crippen LogP contribution < -0.4 is 4.74 Å². The zero-order chi connectivity index (χ0) is 15.6. The standard InChI is InChI=1S/C16H24N2O3/c1-11-8-14(9-12(2)17-11)20-13-6-7-18(10-13)15(19)21-16(3,4)5/h8-9,13H,6-7,10H2,1-5H3. The van der Waals surface area contributed by atoms with Crippen molar-refractivity contribution in [3.8, 4) is 5.75 Å². The number of hydrogen-bond acceptors (Lipinski definition) is 4. The van der Waals surface area contributed by atoms with Gasteiger partial charge in [0, 0.05) is 36.5 Å². The Morgan fingerprint density at radius 3 is 2.48 bits per heavy atom. The first-order chi connectivity index (χ1) is 9.73. The lowest BCUT2D eigenvalue weighted by Crippen LogP contribution is -2.36. The average Bonchev–Trinajstić information content (AvgIpc) is 2.73. The number of carbonyl (C=O) groups is 1. The van der Waals surface area contributed by atoms with Gasteiger partial charge in [-0.25, -0.2) is 4.79 Å². The lowest BCUT2D eigenvalue weighted by atomic mass is 10.2. The maximum absolute atomic E-state index is 12.0. The molecule has 1 aliphatic heterocycles. The van der Waals surface area contributed by atoms with Gasteiger partial charge in [0.1, 0.15) is 17.5 Å². The predicted octanol–water partition coefficient (Wildman–Crippen LogP) is 3.09. The second-order valence-electron chi connectivity index (χ2n) is 6.54. The summed E-state index contributed by atoms with van der Waals surface area (Å²) in [6.07, 6.45) is 0.564. The summed E-state index contributed by atoms with van der Waals surface area (Å²) in [4.78, 5) is 18.0. The molecular weight excluding hydrogens is 268 g/mol. The fraction of sp³-hybridized carbons (Fsp3) is 0.625. The number of pyridine rings is 1. The lowest BCUT2D eigenvalue weighted by molar-refractivity contribution is 0.0275. The maximum atomic E-state index is 12.0. The molecule has 1 fully saturated rings. The Kier molecular flexibility index (Phi) is 4.40. The first-order valence-corrected chi connectivity index (χ1v) is 7.33. The Morgan fingerprint density at radius 1 is 1.29 bits per heavy atom. The minimum Gasteiger partial charge on any atom is -0.488 e. The fourth-order valence-corrected chi connectivity index (χ4v) is 2.37. The Bertz CT molecular complexity index is 502. The Morgan fingerprint density at radius 2 is 1.90 bits per heavy atom. The zero-order valence-electron chi connectivity index (χ0n) is 13.5. The molecule has 0 aromatic carbocycles. The highest BCUT2D eigenvalue weighted by atomic mass is 16.6. The van der Waals surface area contributed by atoms with E-state index in [1.54, 1.807) is 4.90 Å². The number of hydrogen-bond donors (Lipinski definition) is 0. The third-order valence-corrected chi connectivity index (χ3v) is 3.15. The molecule has 21 heavy (non-hydrogen) atoms. The van der Waals surface area contributed by atoms with Crippen molar-refractivity contribution in [2.24, 2.45) is 0 Å². The highest BCUT2D eigenvalue weighted by Gasteiger charge is 2.30. The molecule has 116 valence electrons. The van der Waals surface area contributed by atoms with Crippen molar-refractivity contribution in [3.63, 3.8) is 0 Å². The van der Waals surface area contributed by atoms with Crippen LogP contribution in [0, 0.1) is 13.8 Å². The molecule has 5 heteroatoms. The molecule has 2 heterocycles. The fourth-order valence-electron chi connectivity index (χ4n) is 2.37. The highest BCUT2D eigenvalue weighted by Crippen LogP contribution is 2.21. The van der Waals surface area contributed by atoms with Gasteiger partial charge < -0.3 is 14.4 Å². The minimum atomic E-state index is -0.463. The van der Waals surface area contributed by atoms with E-state index in [1.165, 1.54) is 0 Å². The molecular formula is C16H24N2O3. The van der Waals surface area contributed by atoms with Crippen LogP contribution in [0.5, 0.6) is 5.75 Å². The molecule has 1 aromatic rings. The van der Waals surface area contributed by atoms with Crippen molar-refractivity contribution in [2.75, 3.05) is 13.1 Å². The van der Waals surface area contributed by atoms with Crippen LogP contribution in [0.25, 0.3) is 0 Å². The molecule has 0 spiro atoms. The summed E-state index contributed by atoms with van der Waals surface area (Å²) < 4.78 is 11.3. The van der Waals surface area contributed by atoms with E-state index in [1.807, 2.05) is 46.8 Å². The normalized spacial score (nSPS) is 18.7. The highest BCUT2D eigenvalue weighted by molar-refractivity contribution is 5.68. The topological polar surface area (TPSA) is 51.7 Å². The van der Waals surface area contributed by atoms with Crippen LogP contribution in [-0.2, 0) is 4.74 Å². The van der Waals surface area contributed by atoms with Gasteiger partial charge in [0.15, 0.2) is 0 Å². The molecule has 0 bridgehead atoms. The number of aromatic nitrogens is 1. The van der Waals surface area contributed by atoms with E-state index in [9.17, 15) is 4.79 Å². The summed E-state index contributed by atoms with van der Waals surface area (Å²) >= 11 is 0. The number of aryl methyl sites for hydroxylation is 2. The van der Waals surface area contributed by atoms with Crippen LogP contribution in [0.4, 0.5) is 4.79 Å². The lowest BCUT2D eigenvalue weighted by Gasteiger charge is -2.24. The molecule has 1 aliphatic rings. The smallest absolute Gasteiger partial charge is 0.410 e. The van der Waals surface area contributed by atoms with Gasteiger partial charge in [0.25, 0.3) is 0 Å². The molecule has 0 saturated carbocycles. The number of nitrogens with zero attached hydrogens (tertiary/aromatic N) is 2. The summed E-state index contributed by atoms with van der Waals surface area (Å²) in [6, 6.07) is 3.84. The summed E-state index contributed by atoms with van der Waals surface area (Å²) in [5, 5.41) is 0. The largest absolute Gasteiger partial charge is 0.488 e. The molecule has 2 rings (SSSR count). The molecule has 1 atom stereocenters. The molecule has 1 saturated heterocycles. The number of likely N-dealkylation sites (tertiary alicyclic amines) is 1. The van der Waals surface area contributed by atoms with Crippen molar-refractivity contribution in [1.82, 2.24) is 9.88 Å². The third kappa shape index (κ3) is 4.62. The number of carbonyl (C=O) groups excluding carboxylic acids is 1. The molecule has 1 unspecified atom stereocenters. The van der Waals surface area contributed by atoms with Crippen molar-refractivity contribution in [2.45, 2.75) is 52.7 Å². The predicted molar refractivity (Wildman–Crippen MR) is 80.6 cm³/mol. The Labute approximate surface area is 126 Å². The van der Waals surface area contributed by atoms with Crippen molar-refractivity contribution >= 4 is 6.09 Å². The van der Waals surface area contributed by atoms with Crippen LogP contribution in [0.2, 0.25) is 0 Å². The van der Waals surface area contributed by atoms with Gasteiger partial charge in [-0.15, -0.1) is 0 Å². The van der Waals surface area contributed by atoms with Crippen LogP contribution in [-0.4, -0.2) is 40.8 Å². The quantitative estimate of drug-likeness (QED) is 0.840. The number of ether oxygens (including phenoxy) is 2. The summed E-state index contributed by atoms with van der Waals surface area (Å²) in [5.41, 5.74) is 1.41. The van der Waals surface area contributed by atoms with Crippen LogP contribution in [0.1, 0.15) is 38.6 Å². The molecule has 5 nitrogen and oxygen atoms in total. The van der Waals surface area contributed by atoms with Crippen molar-refractivity contribution < 1.29 is 14.3 Å². The van der Waals surface area contributed by atoms with Crippen LogP contribution in [0.3, 0.4) is 0 Å². The van der Waals surface area contributed by atoms with Gasteiger partial charge in [0.05, 0.1) is 6.54 Å². The first-order valence-electron chi connectivity index (χ1n) is 7.33.